The van der Waals surface area contributed by atoms with E-state index in [1.807, 2.05) is 0 Å². The average Bonchev–Trinajstić information content (AvgIpc) is 2.12. The molecule has 1 aliphatic rings. The topological polar surface area (TPSA) is 85.1 Å². The molecule has 6 heteroatoms. The fourth-order valence-electron chi connectivity index (χ4n) is 1.16. The first-order valence-corrected chi connectivity index (χ1v) is 3.59. The summed E-state index contributed by atoms with van der Waals surface area (Å²) in [4.78, 5) is 22.4. The molecule has 0 atom stereocenters. The molecule has 0 unspecified atom stereocenters. The van der Waals surface area contributed by atoms with Gasteiger partial charge in [0.2, 0.25) is 0 Å². The van der Waals surface area contributed by atoms with Crippen LogP contribution in [-0.4, -0.2) is 26.1 Å². The molecule has 0 fully saturated rings. The molecule has 0 amide bonds. The zero-order chi connectivity index (χ0) is 9.42. The van der Waals surface area contributed by atoms with Crippen LogP contribution in [0, 0.1) is 0 Å². The molecular weight excluding hydrogens is 174 g/mol. The van der Waals surface area contributed by atoms with Gasteiger partial charge in [0, 0.05) is 6.42 Å². The number of carbonyl (C=O) groups excluding carboxylic acids is 1. The third-order valence-corrected chi connectivity index (χ3v) is 1.76. The van der Waals surface area contributed by atoms with Crippen molar-refractivity contribution in [1.82, 2.24) is 15.2 Å². The molecular formula is C7H5N3O3. The maximum Gasteiger partial charge on any atom is 0.317 e. The number of ketones is 1. The molecule has 1 aliphatic carbocycles. The van der Waals surface area contributed by atoms with E-state index in [-0.39, 0.29) is 10.4 Å². The summed E-state index contributed by atoms with van der Waals surface area (Å²) in [6.45, 7) is 0. The van der Waals surface area contributed by atoms with Gasteiger partial charge in [-0.15, -0.1) is 5.10 Å². The van der Waals surface area contributed by atoms with Crippen LogP contribution >= 0.6 is 0 Å². The Kier molecular flexibility index (Phi) is 1.48. The molecule has 0 aliphatic heterocycles. The van der Waals surface area contributed by atoms with Crippen molar-refractivity contribution in [3.63, 3.8) is 0 Å². The summed E-state index contributed by atoms with van der Waals surface area (Å²) in [5.41, 5.74) is -0.609. The van der Waals surface area contributed by atoms with Crippen molar-refractivity contribution in [2.24, 2.45) is 0 Å². The SMILES string of the molecule is O=C1C=CCc2nnn(O)c(=O)c21. The van der Waals surface area contributed by atoms with Gasteiger partial charge in [0.15, 0.2) is 5.78 Å². The monoisotopic (exact) mass is 179 g/mol. The molecule has 0 radical (unpaired) electrons. The Balaban J connectivity index is 2.77. The Morgan fingerprint density at radius 2 is 2.23 bits per heavy atom. The van der Waals surface area contributed by atoms with E-state index in [2.05, 4.69) is 10.3 Å². The third kappa shape index (κ3) is 1.03. The van der Waals surface area contributed by atoms with Crippen LogP contribution < -0.4 is 5.56 Å². The van der Waals surface area contributed by atoms with Crippen molar-refractivity contribution in [3.8, 4) is 0 Å². The standard InChI is InChI=1S/C7H5N3O3/c11-5-3-1-2-4-6(5)7(12)10(13)9-8-4/h1,3,13H,2H2. The summed E-state index contributed by atoms with van der Waals surface area (Å²) >= 11 is 0. The summed E-state index contributed by atoms with van der Waals surface area (Å²) in [7, 11) is 0. The number of rotatable bonds is 0. The van der Waals surface area contributed by atoms with Gasteiger partial charge in [0.1, 0.15) is 5.56 Å². The maximum absolute atomic E-state index is 11.2. The number of hydrogen-bond acceptors (Lipinski definition) is 5. The number of carbonyl (C=O) groups is 1. The van der Waals surface area contributed by atoms with Gasteiger partial charge >= 0.3 is 5.56 Å². The lowest BCUT2D eigenvalue weighted by Gasteiger charge is -2.05. The van der Waals surface area contributed by atoms with Gasteiger partial charge < -0.3 is 5.21 Å². The van der Waals surface area contributed by atoms with Crippen LogP contribution in [-0.2, 0) is 6.42 Å². The van der Waals surface area contributed by atoms with Crippen LogP contribution in [0.15, 0.2) is 16.9 Å². The predicted molar refractivity (Wildman–Crippen MR) is 40.7 cm³/mol. The number of fused-ring (bicyclic) bond motifs is 1. The van der Waals surface area contributed by atoms with Crippen LogP contribution in [0.5, 0.6) is 0 Å². The molecule has 13 heavy (non-hydrogen) atoms. The van der Waals surface area contributed by atoms with Gasteiger partial charge in [-0.05, 0) is 16.1 Å². The van der Waals surface area contributed by atoms with Gasteiger partial charge in [0.25, 0.3) is 0 Å². The second-order valence-corrected chi connectivity index (χ2v) is 2.58. The maximum atomic E-state index is 11.2. The van der Waals surface area contributed by atoms with E-state index in [9.17, 15) is 9.59 Å². The molecule has 2 rings (SSSR count). The molecule has 1 heterocycles. The number of hydrogen-bond donors (Lipinski definition) is 1. The van der Waals surface area contributed by atoms with E-state index >= 15 is 0 Å². The molecule has 1 aromatic rings. The Labute approximate surface area is 72.1 Å². The number of allylic oxidation sites excluding steroid dienone is 2. The van der Waals surface area contributed by atoms with Crippen molar-refractivity contribution in [2.75, 3.05) is 0 Å². The van der Waals surface area contributed by atoms with Crippen LogP contribution in [0.2, 0.25) is 0 Å². The van der Waals surface area contributed by atoms with E-state index < -0.39 is 11.3 Å². The summed E-state index contributed by atoms with van der Waals surface area (Å²) in [5, 5.41) is 15.5. The van der Waals surface area contributed by atoms with Crippen molar-refractivity contribution < 1.29 is 10.0 Å². The molecule has 66 valence electrons. The van der Waals surface area contributed by atoms with E-state index in [1.165, 1.54) is 6.08 Å². The van der Waals surface area contributed by atoms with E-state index in [0.29, 0.717) is 12.1 Å². The summed E-state index contributed by atoms with van der Waals surface area (Å²) < 4.78 is 0. The zero-order valence-corrected chi connectivity index (χ0v) is 6.47. The lowest BCUT2D eigenvalue weighted by atomic mass is 10.0. The van der Waals surface area contributed by atoms with Gasteiger partial charge in [-0.2, -0.15) is 0 Å². The largest absolute Gasteiger partial charge is 0.407 e. The minimum absolute atomic E-state index is 0.0654. The molecule has 6 nitrogen and oxygen atoms in total. The molecule has 0 saturated carbocycles. The summed E-state index contributed by atoms with van der Waals surface area (Å²) in [5.74, 6) is -0.441. The first-order valence-electron chi connectivity index (χ1n) is 3.59. The van der Waals surface area contributed by atoms with E-state index in [4.69, 9.17) is 5.21 Å². The fourth-order valence-corrected chi connectivity index (χ4v) is 1.16. The van der Waals surface area contributed by atoms with Crippen molar-refractivity contribution in [3.05, 3.63) is 33.8 Å². The summed E-state index contributed by atoms with van der Waals surface area (Å²) in [6, 6.07) is 0. The first kappa shape index (κ1) is 7.66. The van der Waals surface area contributed by atoms with Crippen molar-refractivity contribution >= 4 is 5.78 Å². The molecule has 0 saturated heterocycles. The predicted octanol–water partition coefficient (Wildman–Crippen LogP) is -0.829. The fraction of sp³-hybridized carbons (Fsp3) is 0.143. The first-order chi connectivity index (χ1) is 6.20. The Morgan fingerprint density at radius 3 is 3.00 bits per heavy atom. The molecule has 0 aromatic carbocycles. The smallest absolute Gasteiger partial charge is 0.317 e. The second kappa shape index (κ2) is 2.51. The Morgan fingerprint density at radius 1 is 1.46 bits per heavy atom. The van der Waals surface area contributed by atoms with E-state index in [1.54, 1.807) is 6.08 Å². The highest BCUT2D eigenvalue weighted by atomic mass is 16.5. The van der Waals surface area contributed by atoms with Gasteiger partial charge in [-0.1, -0.05) is 6.08 Å². The second-order valence-electron chi connectivity index (χ2n) is 2.58. The lowest BCUT2D eigenvalue weighted by Crippen LogP contribution is -2.31. The van der Waals surface area contributed by atoms with Crippen molar-refractivity contribution in [1.29, 1.82) is 0 Å². The Hall–Kier alpha value is -1.98. The third-order valence-electron chi connectivity index (χ3n) is 1.76. The quantitative estimate of drug-likeness (QED) is 0.525. The molecule has 0 bridgehead atoms. The van der Waals surface area contributed by atoms with Crippen LogP contribution in [0.25, 0.3) is 0 Å². The zero-order valence-electron chi connectivity index (χ0n) is 6.47. The van der Waals surface area contributed by atoms with Crippen LogP contribution in [0.1, 0.15) is 16.1 Å². The summed E-state index contributed by atoms with van der Waals surface area (Å²) in [6.07, 6.45) is 3.27. The van der Waals surface area contributed by atoms with Gasteiger partial charge in [0.05, 0.1) is 5.69 Å². The van der Waals surface area contributed by atoms with Crippen LogP contribution in [0.3, 0.4) is 0 Å². The van der Waals surface area contributed by atoms with E-state index in [0.717, 1.165) is 0 Å². The highest BCUT2D eigenvalue weighted by Gasteiger charge is 2.20. The van der Waals surface area contributed by atoms with Crippen LogP contribution in [0.4, 0.5) is 0 Å². The number of aromatic nitrogens is 3. The van der Waals surface area contributed by atoms with Gasteiger partial charge in [-0.25, -0.2) is 0 Å². The highest BCUT2D eigenvalue weighted by Crippen LogP contribution is 2.07. The van der Waals surface area contributed by atoms with Gasteiger partial charge in [-0.3, -0.25) is 9.59 Å². The molecule has 1 N–H and O–H groups in total. The minimum atomic E-state index is -0.820. The molecule has 0 spiro atoms. The average molecular weight is 179 g/mol. The minimum Gasteiger partial charge on any atom is -0.407 e. The highest BCUT2D eigenvalue weighted by molar-refractivity contribution is 6.05. The van der Waals surface area contributed by atoms with Crippen molar-refractivity contribution in [2.45, 2.75) is 6.42 Å². The normalized spacial score (nSPS) is 14.3. The molecule has 1 aromatic heterocycles. The lowest BCUT2D eigenvalue weighted by molar-refractivity contribution is 0.100. The Bertz CT molecular complexity index is 461. The number of nitrogens with zero attached hydrogens (tertiary/aromatic N) is 3.